The summed E-state index contributed by atoms with van der Waals surface area (Å²) in [5, 5.41) is 17.6. The minimum absolute atomic E-state index is 0.531. The Labute approximate surface area is 165 Å². The predicted octanol–water partition coefficient (Wildman–Crippen LogP) is 3.09. The number of rotatable bonds is 4. The third kappa shape index (κ3) is 3.99. The standard InChI is InChI=1S/C19H17BrN6O/c20-16-5-3-14(4-6-16)19-24-23-17(27-19)13-25-8-10-26(11-9-25)18-15(12-21)2-1-7-22-18/h1-7H,8-11,13H2. The van der Waals surface area contributed by atoms with E-state index < -0.39 is 0 Å². The van der Waals surface area contributed by atoms with Crippen LogP contribution in [0.5, 0.6) is 0 Å². The zero-order valence-electron chi connectivity index (χ0n) is 14.5. The summed E-state index contributed by atoms with van der Waals surface area (Å²) >= 11 is 3.42. The lowest BCUT2D eigenvalue weighted by molar-refractivity contribution is 0.226. The van der Waals surface area contributed by atoms with Gasteiger partial charge in [0.25, 0.3) is 0 Å². The van der Waals surface area contributed by atoms with Crippen molar-refractivity contribution in [1.82, 2.24) is 20.1 Å². The molecule has 2 aromatic heterocycles. The third-order valence-corrected chi connectivity index (χ3v) is 5.02. The molecule has 136 valence electrons. The molecule has 4 rings (SSSR count). The maximum Gasteiger partial charge on any atom is 0.247 e. The summed E-state index contributed by atoms with van der Waals surface area (Å²) < 4.78 is 6.82. The number of halogens is 1. The van der Waals surface area contributed by atoms with Crippen molar-refractivity contribution in [2.45, 2.75) is 6.54 Å². The second kappa shape index (κ2) is 7.86. The Kier molecular flexibility index (Phi) is 5.14. The van der Waals surface area contributed by atoms with Crippen LogP contribution in [0, 0.1) is 11.3 Å². The highest BCUT2D eigenvalue weighted by Crippen LogP contribution is 2.22. The van der Waals surface area contributed by atoms with E-state index in [1.54, 1.807) is 18.3 Å². The maximum atomic E-state index is 9.25. The summed E-state index contributed by atoms with van der Waals surface area (Å²) in [5.74, 6) is 1.90. The average Bonchev–Trinajstić information content (AvgIpc) is 3.17. The van der Waals surface area contributed by atoms with Crippen molar-refractivity contribution >= 4 is 21.7 Å². The van der Waals surface area contributed by atoms with E-state index in [9.17, 15) is 5.26 Å². The summed E-state index contributed by atoms with van der Waals surface area (Å²) in [6, 6.07) is 13.6. The topological polar surface area (TPSA) is 82.1 Å². The van der Waals surface area contributed by atoms with E-state index >= 15 is 0 Å². The number of piperazine rings is 1. The van der Waals surface area contributed by atoms with Gasteiger partial charge in [-0.2, -0.15) is 5.26 Å². The zero-order valence-corrected chi connectivity index (χ0v) is 16.1. The molecule has 1 saturated heterocycles. The quantitative estimate of drug-likeness (QED) is 0.636. The Morgan fingerprint density at radius 3 is 2.59 bits per heavy atom. The molecule has 0 atom stereocenters. The molecule has 0 radical (unpaired) electrons. The number of benzene rings is 1. The lowest BCUT2D eigenvalue weighted by Gasteiger charge is -2.34. The molecule has 7 nitrogen and oxygen atoms in total. The molecule has 0 bridgehead atoms. The fourth-order valence-corrected chi connectivity index (χ4v) is 3.34. The molecule has 0 N–H and O–H groups in total. The van der Waals surface area contributed by atoms with Gasteiger partial charge in [0.1, 0.15) is 11.9 Å². The van der Waals surface area contributed by atoms with E-state index in [0.29, 0.717) is 23.9 Å². The largest absolute Gasteiger partial charge is 0.419 e. The monoisotopic (exact) mass is 424 g/mol. The van der Waals surface area contributed by atoms with Gasteiger partial charge in [-0.3, -0.25) is 4.90 Å². The first-order valence-corrected chi connectivity index (χ1v) is 9.43. The molecular formula is C19H17BrN6O. The fourth-order valence-electron chi connectivity index (χ4n) is 3.07. The van der Waals surface area contributed by atoms with Gasteiger partial charge in [0, 0.05) is 42.4 Å². The zero-order chi connectivity index (χ0) is 18.6. The van der Waals surface area contributed by atoms with Gasteiger partial charge in [0.05, 0.1) is 12.1 Å². The van der Waals surface area contributed by atoms with Crippen molar-refractivity contribution in [2.24, 2.45) is 0 Å². The number of pyridine rings is 1. The molecule has 3 aromatic rings. The molecule has 1 aliphatic heterocycles. The summed E-state index contributed by atoms with van der Waals surface area (Å²) in [4.78, 5) is 8.78. The van der Waals surface area contributed by atoms with Crippen LogP contribution >= 0.6 is 15.9 Å². The van der Waals surface area contributed by atoms with Crippen LogP contribution in [0.2, 0.25) is 0 Å². The van der Waals surface area contributed by atoms with Crippen molar-refractivity contribution < 1.29 is 4.42 Å². The second-order valence-corrected chi connectivity index (χ2v) is 7.17. The molecular weight excluding hydrogens is 408 g/mol. The highest BCUT2D eigenvalue weighted by Gasteiger charge is 2.21. The molecule has 0 amide bonds. The normalized spacial score (nSPS) is 14.9. The summed E-state index contributed by atoms with van der Waals surface area (Å²) in [5.41, 5.74) is 1.52. The molecule has 1 aromatic carbocycles. The Morgan fingerprint density at radius 2 is 1.85 bits per heavy atom. The van der Waals surface area contributed by atoms with Crippen molar-refractivity contribution in [2.75, 3.05) is 31.1 Å². The maximum absolute atomic E-state index is 9.25. The molecule has 0 aliphatic carbocycles. The number of nitriles is 1. The molecule has 0 unspecified atom stereocenters. The highest BCUT2D eigenvalue weighted by molar-refractivity contribution is 9.10. The smallest absolute Gasteiger partial charge is 0.247 e. The van der Waals surface area contributed by atoms with Gasteiger partial charge in [-0.1, -0.05) is 15.9 Å². The van der Waals surface area contributed by atoms with Crippen LogP contribution in [0.3, 0.4) is 0 Å². The number of aromatic nitrogens is 3. The van der Waals surface area contributed by atoms with Crippen LogP contribution in [0.25, 0.3) is 11.5 Å². The van der Waals surface area contributed by atoms with Crippen molar-refractivity contribution in [3.8, 4) is 17.5 Å². The van der Waals surface area contributed by atoms with Crippen LogP contribution in [0.1, 0.15) is 11.5 Å². The number of anilines is 1. The van der Waals surface area contributed by atoms with Gasteiger partial charge in [-0.05, 0) is 36.4 Å². The van der Waals surface area contributed by atoms with Gasteiger partial charge < -0.3 is 9.32 Å². The van der Waals surface area contributed by atoms with E-state index in [-0.39, 0.29) is 0 Å². The van der Waals surface area contributed by atoms with Crippen molar-refractivity contribution in [3.05, 3.63) is 58.5 Å². The van der Waals surface area contributed by atoms with E-state index in [4.69, 9.17) is 4.42 Å². The fraction of sp³-hybridized carbons (Fsp3) is 0.263. The van der Waals surface area contributed by atoms with Crippen LogP contribution in [-0.2, 0) is 6.54 Å². The van der Waals surface area contributed by atoms with Crippen LogP contribution in [-0.4, -0.2) is 46.3 Å². The minimum Gasteiger partial charge on any atom is -0.419 e. The first-order chi connectivity index (χ1) is 13.2. The molecule has 1 aliphatic rings. The second-order valence-electron chi connectivity index (χ2n) is 6.26. The van der Waals surface area contributed by atoms with E-state index in [2.05, 4.69) is 47.0 Å². The molecule has 27 heavy (non-hydrogen) atoms. The Morgan fingerprint density at radius 1 is 1.07 bits per heavy atom. The van der Waals surface area contributed by atoms with Gasteiger partial charge in [-0.15, -0.1) is 10.2 Å². The SMILES string of the molecule is N#Cc1cccnc1N1CCN(Cc2nnc(-c3ccc(Br)cc3)o2)CC1. The van der Waals surface area contributed by atoms with Crippen molar-refractivity contribution in [1.29, 1.82) is 5.26 Å². The Bertz CT molecular complexity index is 957. The summed E-state index contributed by atoms with van der Waals surface area (Å²) in [6.45, 7) is 3.92. The van der Waals surface area contributed by atoms with E-state index in [0.717, 1.165) is 42.0 Å². The molecule has 1 fully saturated rings. The highest BCUT2D eigenvalue weighted by atomic mass is 79.9. The first kappa shape index (κ1) is 17.6. The lowest BCUT2D eigenvalue weighted by atomic mass is 10.2. The van der Waals surface area contributed by atoms with Crippen LogP contribution in [0.15, 0.2) is 51.5 Å². The molecule has 3 heterocycles. The summed E-state index contributed by atoms with van der Waals surface area (Å²) in [7, 11) is 0. The average molecular weight is 425 g/mol. The molecule has 0 spiro atoms. The number of hydrogen-bond acceptors (Lipinski definition) is 7. The van der Waals surface area contributed by atoms with Gasteiger partial charge >= 0.3 is 0 Å². The van der Waals surface area contributed by atoms with Gasteiger partial charge in [-0.25, -0.2) is 4.98 Å². The molecule has 8 heteroatoms. The van der Waals surface area contributed by atoms with Crippen molar-refractivity contribution in [3.63, 3.8) is 0 Å². The number of nitrogens with zero attached hydrogens (tertiary/aromatic N) is 6. The van der Waals surface area contributed by atoms with E-state index in [1.165, 1.54) is 0 Å². The van der Waals surface area contributed by atoms with Crippen LogP contribution < -0.4 is 4.90 Å². The minimum atomic E-state index is 0.531. The number of hydrogen-bond donors (Lipinski definition) is 0. The Balaban J connectivity index is 1.37. The third-order valence-electron chi connectivity index (χ3n) is 4.50. The van der Waals surface area contributed by atoms with E-state index in [1.807, 2.05) is 24.3 Å². The van der Waals surface area contributed by atoms with Crippen LogP contribution in [0.4, 0.5) is 5.82 Å². The lowest BCUT2D eigenvalue weighted by Crippen LogP contribution is -2.46. The first-order valence-electron chi connectivity index (χ1n) is 8.63. The Hall–Kier alpha value is -2.76. The van der Waals surface area contributed by atoms with Gasteiger partial charge in [0.15, 0.2) is 0 Å². The van der Waals surface area contributed by atoms with Gasteiger partial charge in [0.2, 0.25) is 11.8 Å². The predicted molar refractivity (Wildman–Crippen MR) is 104 cm³/mol. The summed E-state index contributed by atoms with van der Waals surface area (Å²) in [6.07, 6.45) is 1.73. The molecule has 0 saturated carbocycles.